The Balaban J connectivity index is 1.74. The zero-order valence-electron chi connectivity index (χ0n) is 16.8. The molecule has 0 saturated carbocycles. The predicted octanol–water partition coefficient (Wildman–Crippen LogP) is 5.22. The lowest BCUT2D eigenvalue weighted by atomic mass is 10.1. The maximum Gasteiger partial charge on any atom is 0.272 e. The molecule has 3 aromatic rings. The van der Waals surface area contributed by atoms with Crippen molar-refractivity contribution in [3.8, 4) is 5.75 Å². The van der Waals surface area contributed by atoms with Gasteiger partial charge in [0.1, 0.15) is 5.75 Å². The molecule has 0 N–H and O–H groups in total. The van der Waals surface area contributed by atoms with Crippen LogP contribution in [0.1, 0.15) is 16.7 Å². The number of hydrogen-bond donors (Lipinski definition) is 0. The van der Waals surface area contributed by atoms with Crippen LogP contribution in [0, 0.1) is 6.92 Å². The molecule has 2 amide bonds. The van der Waals surface area contributed by atoms with E-state index in [2.05, 4.69) is 0 Å². The predicted molar refractivity (Wildman–Crippen MR) is 121 cm³/mol. The highest BCUT2D eigenvalue weighted by atomic mass is 32.2. The number of ether oxygens (including phenoxy) is 1. The molecule has 30 heavy (non-hydrogen) atoms. The molecule has 150 valence electrons. The van der Waals surface area contributed by atoms with Gasteiger partial charge in [-0.1, -0.05) is 54.6 Å². The smallest absolute Gasteiger partial charge is 0.272 e. The molecular formula is C25H21NO3S. The summed E-state index contributed by atoms with van der Waals surface area (Å²) in [6.07, 6.45) is 0. The van der Waals surface area contributed by atoms with Crippen LogP contribution in [0.4, 0.5) is 5.69 Å². The maximum atomic E-state index is 13.4. The second-order valence-corrected chi connectivity index (χ2v) is 7.98. The summed E-state index contributed by atoms with van der Waals surface area (Å²) >= 11 is 1.40. The van der Waals surface area contributed by atoms with Gasteiger partial charge < -0.3 is 4.74 Å². The van der Waals surface area contributed by atoms with Crippen LogP contribution >= 0.6 is 11.8 Å². The lowest BCUT2D eigenvalue weighted by Gasteiger charge is -2.15. The molecule has 3 aromatic carbocycles. The number of thioether (sulfide) groups is 1. The normalized spacial score (nSPS) is 13.9. The highest BCUT2D eigenvalue weighted by Crippen LogP contribution is 2.40. The molecule has 5 heteroatoms. The molecule has 0 aliphatic carbocycles. The van der Waals surface area contributed by atoms with E-state index >= 15 is 0 Å². The first-order valence-corrected chi connectivity index (χ1v) is 10.6. The minimum atomic E-state index is -0.300. The summed E-state index contributed by atoms with van der Waals surface area (Å²) in [5.41, 5.74) is 3.82. The highest BCUT2D eigenvalue weighted by molar-refractivity contribution is 8.03. The van der Waals surface area contributed by atoms with Crippen molar-refractivity contribution in [2.45, 2.75) is 12.7 Å². The van der Waals surface area contributed by atoms with E-state index in [0.717, 1.165) is 11.1 Å². The number of amides is 2. The van der Waals surface area contributed by atoms with E-state index in [1.165, 1.54) is 16.7 Å². The van der Waals surface area contributed by atoms with Crippen molar-refractivity contribution in [1.82, 2.24) is 0 Å². The number of benzene rings is 3. The van der Waals surface area contributed by atoms with E-state index in [1.807, 2.05) is 67.6 Å². The zero-order valence-corrected chi connectivity index (χ0v) is 17.6. The van der Waals surface area contributed by atoms with Crippen LogP contribution in [0.15, 0.2) is 83.8 Å². The third-order valence-corrected chi connectivity index (χ3v) is 6.05. The van der Waals surface area contributed by atoms with Crippen molar-refractivity contribution in [3.63, 3.8) is 0 Å². The SMILES string of the molecule is COc1ccc(C2=C(SCc3ccccc3)C(=O)N(c3cccc(C)c3)C2=O)cc1. The van der Waals surface area contributed by atoms with Gasteiger partial charge in [-0.3, -0.25) is 9.59 Å². The fraction of sp³-hybridized carbons (Fsp3) is 0.120. The van der Waals surface area contributed by atoms with Gasteiger partial charge in [-0.15, -0.1) is 11.8 Å². The average molecular weight is 416 g/mol. The van der Waals surface area contributed by atoms with E-state index in [4.69, 9.17) is 4.74 Å². The number of carbonyl (C=O) groups is 2. The molecule has 1 heterocycles. The Morgan fingerprint density at radius 1 is 0.867 bits per heavy atom. The monoisotopic (exact) mass is 415 g/mol. The molecule has 0 unspecified atom stereocenters. The second-order valence-electron chi connectivity index (χ2n) is 6.99. The molecule has 4 nitrogen and oxygen atoms in total. The molecule has 0 bridgehead atoms. The van der Waals surface area contributed by atoms with Gasteiger partial charge in [0.25, 0.3) is 11.8 Å². The third kappa shape index (κ3) is 3.89. The lowest BCUT2D eigenvalue weighted by molar-refractivity contribution is -0.119. The van der Waals surface area contributed by atoms with Gasteiger partial charge >= 0.3 is 0 Å². The van der Waals surface area contributed by atoms with Crippen molar-refractivity contribution in [2.75, 3.05) is 12.0 Å². The van der Waals surface area contributed by atoms with Gasteiger partial charge in [0.2, 0.25) is 0 Å². The summed E-state index contributed by atoms with van der Waals surface area (Å²) in [5.74, 6) is 0.727. The number of aryl methyl sites for hydroxylation is 1. The summed E-state index contributed by atoms with van der Waals surface area (Å²) in [6, 6.07) is 24.6. The van der Waals surface area contributed by atoms with Gasteiger partial charge in [-0.05, 0) is 47.9 Å². The zero-order chi connectivity index (χ0) is 21.1. The molecule has 0 fully saturated rings. The summed E-state index contributed by atoms with van der Waals surface area (Å²) in [7, 11) is 1.60. The fourth-order valence-corrected chi connectivity index (χ4v) is 4.45. The highest BCUT2D eigenvalue weighted by Gasteiger charge is 2.40. The Morgan fingerprint density at radius 3 is 2.27 bits per heavy atom. The van der Waals surface area contributed by atoms with E-state index in [-0.39, 0.29) is 11.8 Å². The Labute approximate surface area is 180 Å². The molecule has 0 spiro atoms. The maximum absolute atomic E-state index is 13.4. The third-order valence-electron chi connectivity index (χ3n) is 4.91. The number of imide groups is 1. The molecule has 1 aliphatic rings. The molecular weight excluding hydrogens is 394 g/mol. The van der Waals surface area contributed by atoms with E-state index < -0.39 is 0 Å². The van der Waals surface area contributed by atoms with Crippen molar-refractivity contribution >= 4 is 34.8 Å². The summed E-state index contributed by atoms with van der Waals surface area (Å²) in [6.45, 7) is 1.94. The van der Waals surface area contributed by atoms with Crippen molar-refractivity contribution < 1.29 is 14.3 Å². The number of methoxy groups -OCH3 is 1. The average Bonchev–Trinajstić information content (AvgIpc) is 3.02. The van der Waals surface area contributed by atoms with E-state index in [0.29, 0.717) is 33.2 Å². The Morgan fingerprint density at radius 2 is 1.60 bits per heavy atom. The molecule has 0 radical (unpaired) electrons. The second kappa shape index (κ2) is 8.59. The number of nitrogens with zero attached hydrogens (tertiary/aromatic N) is 1. The molecule has 0 aromatic heterocycles. The minimum Gasteiger partial charge on any atom is -0.497 e. The standard InChI is InChI=1S/C25H21NO3S/c1-17-7-6-10-20(15-17)26-24(27)22(19-11-13-21(29-2)14-12-19)23(25(26)28)30-16-18-8-4-3-5-9-18/h3-15H,16H2,1-2H3. The largest absolute Gasteiger partial charge is 0.497 e. The van der Waals surface area contributed by atoms with Crippen molar-refractivity contribution in [2.24, 2.45) is 0 Å². The van der Waals surface area contributed by atoms with Crippen LogP contribution in [-0.2, 0) is 15.3 Å². The molecule has 1 aliphatic heterocycles. The van der Waals surface area contributed by atoms with Gasteiger partial charge in [0.05, 0.1) is 23.3 Å². The first-order valence-electron chi connectivity index (χ1n) is 9.59. The number of hydrogen-bond acceptors (Lipinski definition) is 4. The van der Waals surface area contributed by atoms with Crippen LogP contribution in [0.25, 0.3) is 5.57 Å². The Hall–Kier alpha value is -3.31. The van der Waals surface area contributed by atoms with Gasteiger partial charge in [0.15, 0.2) is 0 Å². The molecule has 4 rings (SSSR count). The first-order chi connectivity index (χ1) is 14.6. The fourth-order valence-electron chi connectivity index (χ4n) is 3.39. The first kappa shape index (κ1) is 20.0. The molecule has 0 saturated heterocycles. The van der Waals surface area contributed by atoms with Crippen LogP contribution in [-0.4, -0.2) is 18.9 Å². The van der Waals surface area contributed by atoms with Crippen LogP contribution < -0.4 is 9.64 Å². The van der Waals surface area contributed by atoms with E-state index in [9.17, 15) is 9.59 Å². The van der Waals surface area contributed by atoms with Gasteiger partial charge in [0, 0.05) is 5.75 Å². The van der Waals surface area contributed by atoms with Crippen LogP contribution in [0.3, 0.4) is 0 Å². The molecule has 0 atom stereocenters. The van der Waals surface area contributed by atoms with Crippen molar-refractivity contribution in [1.29, 1.82) is 0 Å². The van der Waals surface area contributed by atoms with Gasteiger partial charge in [-0.2, -0.15) is 0 Å². The van der Waals surface area contributed by atoms with Crippen LogP contribution in [0.2, 0.25) is 0 Å². The van der Waals surface area contributed by atoms with Crippen molar-refractivity contribution in [3.05, 3.63) is 100 Å². The minimum absolute atomic E-state index is 0.280. The van der Waals surface area contributed by atoms with E-state index in [1.54, 1.807) is 25.3 Å². The van der Waals surface area contributed by atoms with Gasteiger partial charge in [-0.25, -0.2) is 4.90 Å². The lowest BCUT2D eigenvalue weighted by Crippen LogP contribution is -2.31. The topological polar surface area (TPSA) is 46.6 Å². The Bertz CT molecular complexity index is 1120. The quantitative estimate of drug-likeness (QED) is 0.518. The summed E-state index contributed by atoms with van der Waals surface area (Å²) in [4.78, 5) is 28.5. The number of carbonyl (C=O) groups excluding carboxylic acids is 2. The Kier molecular flexibility index (Phi) is 5.72. The number of anilines is 1. The number of rotatable bonds is 6. The summed E-state index contributed by atoms with van der Waals surface area (Å²) < 4.78 is 5.23. The van der Waals surface area contributed by atoms with Crippen LogP contribution in [0.5, 0.6) is 5.75 Å². The summed E-state index contributed by atoms with van der Waals surface area (Å²) in [5, 5.41) is 0.